The van der Waals surface area contributed by atoms with E-state index in [2.05, 4.69) is 14.9 Å². The second kappa shape index (κ2) is 7.73. The van der Waals surface area contributed by atoms with Gasteiger partial charge in [-0.05, 0) is 44.9 Å². The van der Waals surface area contributed by atoms with Crippen molar-refractivity contribution in [3.8, 4) is 0 Å². The van der Waals surface area contributed by atoms with Crippen molar-refractivity contribution in [3.63, 3.8) is 0 Å². The highest BCUT2D eigenvalue weighted by Gasteiger charge is 2.24. The highest BCUT2D eigenvalue weighted by molar-refractivity contribution is 5.99. The van der Waals surface area contributed by atoms with Crippen LogP contribution in [0.3, 0.4) is 0 Å². The van der Waals surface area contributed by atoms with Gasteiger partial charge in [-0.15, -0.1) is 0 Å². The van der Waals surface area contributed by atoms with Crippen LogP contribution in [0.1, 0.15) is 45.3 Å². The highest BCUT2D eigenvalue weighted by Crippen LogP contribution is 2.20. The number of pyridine rings is 2. The lowest BCUT2D eigenvalue weighted by atomic mass is 10.1. The Balaban J connectivity index is 1.81. The van der Waals surface area contributed by atoms with Crippen LogP contribution in [0.25, 0.3) is 0 Å². The van der Waals surface area contributed by atoms with Crippen LogP contribution in [0.2, 0.25) is 0 Å². The van der Waals surface area contributed by atoms with Crippen molar-refractivity contribution >= 4 is 17.4 Å². The standard InChI is InChI=1S/C20H24N4O3/c1-13-12-21-6-5-18(13)23-7-4-8-24(10-9-23)20(27)17-11-16(15(3)25)14(2)22-19(17)26/h5-6,11-12H,4,7-10H2,1-3H3,(H,22,26). The number of hydrogen-bond acceptors (Lipinski definition) is 5. The van der Waals surface area contributed by atoms with Crippen molar-refractivity contribution in [3.05, 3.63) is 57.3 Å². The second-order valence-corrected chi connectivity index (χ2v) is 6.90. The van der Waals surface area contributed by atoms with Crippen LogP contribution in [0, 0.1) is 13.8 Å². The Kier molecular flexibility index (Phi) is 5.39. The molecule has 142 valence electrons. The molecule has 1 fully saturated rings. The van der Waals surface area contributed by atoms with Crippen LogP contribution in [0.5, 0.6) is 0 Å². The van der Waals surface area contributed by atoms with E-state index in [1.807, 2.05) is 19.2 Å². The van der Waals surface area contributed by atoms with Crippen LogP contribution >= 0.6 is 0 Å². The number of hydrogen-bond donors (Lipinski definition) is 1. The molecule has 0 atom stereocenters. The number of carbonyl (C=O) groups is 2. The van der Waals surface area contributed by atoms with Gasteiger partial charge in [0.15, 0.2) is 5.78 Å². The van der Waals surface area contributed by atoms with Crippen molar-refractivity contribution in [2.24, 2.45) is 0 Å². The molecule has 1 N–H and O–H groups in total. The van der Waals surface area contributed by atoms with Gasteiger partial charge in [-0.3, -0.25) is 19.4 Å². The molecule has 0 radical (unpaired) electrons. The number of anilines is 1. The van der Waals surface area contributed by atoms with Gasteiger partial charge in [0.25, 0.3) is 11.5 Å². The summed E-state index contributed by atoms with van der Waals surface area (Å²) >= 11 is 0. The minimum absolute atomic E-state index is 0.0272. The number of aryl methyl sites for hydroxylation is 2. The molecule has 2 aromatic heterocycles. The number of Topliss-reactive ketones (excluding diaryl/α,β-unsaturated/α-hetero) is 1. The SMILES string of the molecule is CC(=O)c1cc(C(=O)N2CCCN(c3ccncc3C)CC2)c(=O)[nH]c1C. The molecule has 0 spiro atoms. The van der Waals surface area contributed by atoms with E-state index in [-0.39, 0.29) is 17.3 Å². The molecule has 0 bridgehead atoms. The third kappa shape index (κ3) is 3.92. The van der Waals surface area contributed by atoms with E-state index in [1.54, 1.807) is 18.0 Å². The molecular formula is C20H24N4O3. The number of aromatic nitrogens is 2. The molecule has 0 aromatic carbocycles. The minimum Gasteiger partial charge on any atom is -0.369 e. The molecule has 1 aliphatic rings. The summed E-state index contributed by atoms with van der Waals surface area (Å²) in [7, 11) is 0. The summed E-state index contributed by atoms with van der Waals surface area (Å²) in [5.74, 6) is -0.500. The lowest BCUT2D eigenvalue weighted by molar-refractivity contribution is 0.0765. The van der Waals surface area contributed by atoms with Crippen LogP contribution < -0.4 is 10.5 Å². The third-order valence-corrected chi connectivity index (χ3v) is 4.96. The van der Waals surface area contributed by atoms with E-state index in [9.17, 15) is 14.4 Å². The van der Waals surface area contributed by atoms with E-state index < -0.39 is 5.56 Å². The number of nitrogens with one attached hydrogen (secondary N) is 1. The van der Waals surface area contributed by atoms with Crippen LogP contribution in [-0.4, -0.2) is 52.7 Å². The normalized spacial score (nSPS) is 14.8. The fourth-order valence-electron chi connectivity index (χ4n) is 3.50. The Morgan fingerprint density at radius 1 is 1.11 bits per heavy atom. The monoisotopic (exact) mass is 368 g/mol. The van der Waals surface area contributed by atoms with Gasteiger partial charge in [-0.25, -0.2) is 0 Å². The zero-order valence-electron chi connectivity index (χ0n) is 15.9. The first-order chi connectivity index (χ1) is 12.9. The van der Waals surface area contributed by atoms with Gasteiger partial charge in [0, 0.05) is 55.5 Å². The molecule has 3 heterocycles. The van der Waals surface area contributed by atoms with Gasteiger partial charge in [0.2, 0.25) is 0 Å². The predicted octanol–water partition coefficient (Wildman–Crippen LogP) is 1.94. The largest absolute Gasteiger partial charge is 0.369 e. The number of ketones is 1. The van der Waals surface area contributed by atoms with Crippen molar-refractivity contribution in [2.45, 2.75) is 27.2 Å². The maximum atomic E-state index is 12.9. The molecule has 2 aromatic rings. The first-order valence-electron chi connectivity index (χ1n) is 9.08. The molecule has 0 aliphatic carbocycles. The Bertz CT molecular complexity index is 935. The van der Waals surface area contributed by atoms with Gasteiger partial charge in [0.05, 0.1) is 0 Å². The number of nitrogens with zero attached hydrogens (tertiary/aromatic N) is 3. The lowest BCUT2D eigenvalue weighted by Crippen LogP contribution is -2.38. The van der Waals surface area contributed by atoms with Gasteiger partial charge < -0.3 is 14.8 Å². The number of amides is 1. The lowest BCUT2D eigenvalue weighted by Gasteiger charge is -2.25. The Labute approximate surface area is 158 Å². The zero-order valence-corrected chi connectivity index (χ0v) is 15.9. The molecule has 0 saturated carbocycles. The molecule has 0 unspecified atom stereocenters. The Morgan fingerprint density at radius 2 is 1.89 bits per heavy atom. The number of H-pyrrole nitrogens is 1. The molecule has 7 heteroatoms. The van der Waals surface area contributed by atoms with E-state index >= 15 is 0 Å². The average molecular weight is 368 g/mol. The Hall–Kier alpha value is -2.96. The molecular weight excluding hydrogens is 344 g/mol. The van der Waals surface area contributed by atoms with Gasteiger partial charge >= 0.3 is 0 Å². The average Bonchev–Trinajstić information content (AvgIpc) is 2.87. The topological polar surface area (TPSA) is 86.4 Å². The van der Waals surface area contributed by atoms with Crippen molar-refractivity contribution < 1.29 is 9.59 Å². The summed E-state index contributed by atoms with van der Waals surface area (Å²) < 4.78 is 0. The van der Waals surface area contributed by atoms with E-state index in [4.69, 9.17) is 0 Å². The number of aromatic amines is 1. The maximum absolute atomic E-state index is 12.9. The smallest absolute Gasteiger partial charge is 0.261 e. The van der Waals surface area contributed by atoms with Gasteiger partial charge in [-0.1, -0.05) is 0 Å². The predicted molar refractivity (Wildman–Crippen MR) is 104 cm³/mol. The van der Waals surface area contributed by atoms with E-state index in [0.29, 0.717) is 30.9 Å². The second-order valence-electron chi connectivity index (χ2n) is 6.90. The van der Waals surface area contributed by atoms with Crippen molar-refractivity contribution in [1.82, 2.24) is 14.9 Å². The summed E-state index contributed by atoms with van der Waals surface area (Å²) in [4.78, 5) is 47.7. The first-order valence-corrected chi connectivity index (χ1v) is 9.08. The minimum atomic E-state index is -0.450. The van der Waals surface area contributed by atoms with Crippen molar-refractivity contribution in [1.29, 1.82) is 0 Å². The van der Waals surface area contributed by atoms with Gasteiger partial charge in [-0.2, -0.15) is 0 Å². The van der Waals surface area contributed by atoms with E-state index in [1.165, 1.54) is 13.0 Å². The maximum Gasteiger partial charge on any atom is 0.261 e. The van der Waals surface area contributed by atoms with Crippen molar-refractivity contribution in [2.75, 3.05) is 31.1 Å². The molecule has 3 rings (SSSR count). The van der Waals surface area contributed by atoms with Crippen LogP contribution in [0.15, 0.2) is 29.3 Å². The molecule has 1 amide bonds. The first kappa shape index (κ1) is 18.8. The van der Waals surface area contributed by atoms with Crippen LogP contribution in [-0.2, 0) is 0 Å². The molecule has 7 nitrogen and oxygen atoms in total. The highest BCUT2D eigenvalue weighted by atomic mass is 16.2. The Morgan fingerprint density at radius 3 is 2.59 bits per heavy atom. The number of carbonyl (C=O) groups excluding carboxylic acids is 2. The summed E-state index contributed by atoms with van der Waals surface area (Å²) in [5.41, 5.74) is 2.65. The summed E-state index contributed by atoms with van der Waals surface area (Å²) in [5, 5.41) is 0. The fourth-order valence-corrected chi connectivity index (χ4v) is 3.50. The molecule has 1 saturated heterocycles. The van der Waals surface area contributed by atoms with Crippen LogP contribution in [0.4, 0.5) is 5.69 Å². The summed E-state index contributed by atoms with van der Waals surface area (Å²) in [6, 6.07) is 3.41. The third-order valence-electron chi connectivity index (χ3n) is 4.96. The quantitative estimate of drug-likeness (QED) is 0.837. The molecule has 1 aliphatic heterocycles. The van der Waals surface area contributed by atoms with Gasteiger partial charge in [0.1, 0.15) is 5.56 Å². The summed E-state index contributed by atoms with van der Waals surface area (Å²) in [6.45, 7) is 7.71. The number of rotatable bonds is 3. The van der Waals surface area contributed by atoms with E-state index in [0.717, 1.165) is 24.2 Å². The summed E-state index contributed by atoms with van der Waals surface area (Å²) in [6.07, 6.45) is 4.40. The zero-order chi connectivity index (χ0) is 19.6. The fraction of sp³-hybridized carbons (Fsp3) is 0.400. The molecule has 27 heavy (non-hydrogen) atoms.